The summed E-state index contributed by atoms with van der Waals surface area (Å²) in [4.78, 5) is 28.2. The first-order valence-corrected chi connectivity index (χ1v) is 9.22. The van der Waals surface area contributed by atoms with Crippen molar-refractivity contribution in [1.82, 2.24) is 4.90 Å². The van der Waals surface area contributed by atoms with E-state index in [1.54, 1.807) is 4.90 Å². The zero-order valence-corrected chi connectivity index (χ0v) is 16.2. The minimum absolute atomic E-state index is 0.0150. The van der Waals surface area contributed by atoms with Gasteiger partial charge in [-0.2, -0.15) is 0 Å². The fraction of sp³-hybridized carbons (Fsp3) is 0.600. The van der Waals surface area contributed by atoms with Crippen molar-refractivity contribution in [2.75, 3.05) is 24.5 Å². The second-order valence-corrected chi connectivity index (χ2v) is 6.44. The first-order chi connectivity index (χ1) is 11.9. The van der Waals surface area contributed by atoms with Crippen LogP contribution in [0.15, 0.2) is 24.3 Å². The summed E-state index contributed by atoms with van der Waals surface area (Å²) in [7, 11) is 0. The standard InChI is InChI=1S/C20H32N2O3/c1-6-13-21(14-7-2)20(24)12-15-22(17(5)23)18-10-8-9-11-19(18)25-16(3)4/h8-11,16H,6-7,12-15H2,1-5H3. The van der Waals surface area contributed by atoms with E-state index in [9.17, 15) is 9.59 Å². The molecular formula is C20H32N2O3. The molecule has 1 aromatic carbocycles. The van der Waals surface area contributed by atoms with E-state index in [1.165, 1.54) is 6.92 Å². The third-order valence-electron chi connectivity index (χ3n) is 3.79. The Morgan fingerprint density at radius 1 is 1.04 bits per heavy atom. The summed E-state index contributed by atoms with van der Waals surface area (Å²) >= 11 is 0. The number of anilines is 1. The predicted molar refractivity (Wildman–Crippen MR) is 102 cm³/mol. The van der Waals surface area contributed by atoms with Crippen LogP contribution in [-0.2, 0) is 9.59 Å². The van der Waals surface area contributed by atoms with Crippen LogP contribution >= 0.6 is 0 Å². The van der Waals surface area contributed by atoms with Gasteiger partial charge < -0.3 is 14.5 Å². The molecule has 2 amide bonds. The van der Waals surface area contributed by atoms with Crippen molar-refractivity contribution < 1.29 is 14.3 Å². The summed E-state index contributed by atoms with van der Waals surface area (Å²) in [5.41, 5.74) is 0.717. The molecule has 5 heteroatoms. The summed E-state index contributed by atoms with van der Waals surface area (Å²) in [6.45, 7) is 11.4. The summed E-state index contributed by atoms with van der Waals surface area (Å²) in [6, 6.07) is 7.47. The van der Waals surface area contributed by atoms with Gasteiger partial charge in [0.15, 0.2) is 0 Å². The van der Waals surface area contributed by atoms with Gasteiger partial charge in [0.05, 0.1) is 11.8 Å². The summed E-state index contributed by atoms with van der Waals surface area (Å²) in [5, 5.41) is 0. The molecule has 0 aromatic heterocycles. The van der Waals surface area contributed by atoms with Crippen LogP contribution in [-0.4, -0.2) is 42.5 Å². The molecule has 25 heavy (non-hydrogen) atoms. The lowest BCUT2D eigenvalue weighted by atomic mass is 10.2. The maximum atomic E-state index is 12.5. The van der Waals surface area contributed by atoms with E-state index in [1.807, 2.05) is 43.0 Å². The Labute approximate surface area is 151 Å². The predicted octanol–water partition coefficient (Wildman–Crippen LogP) is 3.87. The van der Waals surface area contributed by atoms with Crippen molar-refractivity contribution in [1.29, 1.82) is 0 Å². The quantitative estimate of drug-likeness (QED) is 0.645. The lowest BCUT2D eigenvalue weighted by Gasteiger charge is -2.26. The number of ether oxygens (including phenoxy) is 1. The van der Waals surface area contributed by atoms with Crippen LogP contribution in [0.3, 0.4) is 0 Å². The number of para-hydroxylation sites is 2. The van der Waals surface area contributed by atoms with Crippen LogP contribution in [0.1, 0.15) is 53.9 Å². The molecule has 0 N–H and O–H groups in total. The SMILES string of the molecule is CCCN(CCC)C(=O)CCN(C(C)=O)c1ccccc1OC(C)C. The van der Waals surface area contributed by atoms with E-state index in [-0.39, 0.29) is 17.9 Å². The van der Waals surface area contributed by atoms with Gasteiger partial charge in [0.1, 0.15) is 5.75 Å². The maximum Gasteiger partial charge on any atom is 0.224 e. The fourth-order valence-electron chi connectivity index (χ4n) is 2.75. The topological polar surface area (TPSA) is 49.9 Å². The Balaban J connectivity index is 2.88. The molecule has 0 saturated carbocycles. The Morgan fingerprint density at radius 3 is 2.16 bits per heavy atom. The monoisotopic (exact) mass is 348 g/mol. The summed E-state index contributed by atoms with van der Waals surface area (Å²) in [5.74, 6) is 0.668. The zero-order valence-electron chi connectivity index (χ0n) is 16.2. The molecule has 0 atom stereocenters. The first-order valence-electron chi connectivity index (χ1n) is 9.22. The molecule has 5 nitrogen and oxygen atoms in total. The second kappa shape index (κ2) is 10.7. The highest BCUT2D eigenvalue weighted by molar-refractivity contribution is 5.93. The van der Waals surface area contributed by atoms with Crippen LogP contribution in [0.4, 0.5) is 5.69 Å². The van der Waals surface area contributed by atoms with E-state index in [0.717, 1.165) is 25.9 Å². The van der Waals surface area contributed by atoms with Crippen molar-refractivity contribution in [2.24, 2.45) is 0 Å². The summed E-state index contributed by atoms with van der Waals surface area (Å²) in [6.07, 6.45) is 2.21. The largest absolute Gasteiger partial charge is 0.489 e. The van der Waals surface area contributed by atoms with Gasteiger partial charge in [0.2, 0.25) is 11.8 Å². The molecule has 0 aliphatic heterocycles. The van der Waals surface area contributed by atoms with E-state index in [2.05, 4.69) is 13.8 Å². The van der Waals surface area contributed by atoms with Crippen molar-refractivity contribution in [3.8, 4) is 5.75 Å². The Hall–Kier alpha value is -2.04. The minimum atomic E-state index is -0.0925. The average molecular weight is 348 g/mol. The van der Waals surface area contributed by atoms with Crippen molar-refractivity contribution >= 4 is 17.5 Å². The van der Waals surface area contributed by atoms with Gasteiger partial charge in [-0.05, 0) is 38.8 Å². The van der Waals surface area contributed by atoms with Gasteiger partial charge >= 0.3 is 0 Å². The number of hydrogen-bond acceptors (Lipinski definition) is 3. The van der Waals surface area contributed by atoms with Crippen LogP contribution in [0.25, 0.3) is 0 Å². The Bertz CT molecular complexity index is 552. The van der Waals surface area contributed by atoms with Gasteiger partial charge in [-0.25, -0.2) is 0 Å². The molecule has 0 heterocycles. The normalized spacial score (nSPS) is 10.6. The Morgan fingerprint density at radius 2 is 1.64 bits per heavy atom. The smallest absolute Gasteiger partial charge is 0.224 e. The minimum Gasteiger partial charge on any atom is -0.489 e. The van der Waals surface area contributed by atoms with Crippen LogP contribution in [0.2, 0.25) is 0 Å². The highest BCUT2D eigenvalue weighted by Gasteiger charge is 2.19. The lowest BCUT2D eigenvalue weighted by molar-refractivity contribution is -0.131. The number of carbonyl (C=O) groups is 2. The maximum absolute atomic E-state index is 12.5. The van der Waals surface area contributed by atoms with Crippen molar-refractivity contribution in [3.05, 3.63) is 24.3 Å². The third-order valence-corrected chi connectivity index (χ3v) is 3.79. The molecule has 0 aliphatic carbocycles. The van der Waals surface area contributed by atoms with Gasteiger partial charge in [-0.3, -0.25) is 9.59 Å². The molecular weight excluding hydrogens is 316 g/mol. The van der Waals surface area contributed by atoms with Gasteiger partial charge in [0, 0.05) is 33.0 Å². The van der Waals surface area contributed by atoms with Gasteiger partial charge in [0.25, 0.3) is 0 Å². The lowest BCUT2D eigenvalue weighted by Crippen LogP contribution is -2.37. The molecule has 0 saturated heterocycles. The molecule has 0 spiro atoms. The van der Waals surface area contributed by atoms with E-state index < -0.39 is 0 Å². The van der Waals surface area contributed by atoms with E-state index in [4.69, 9.17) is 4.74 Å². The number of carbonyl (C=O) groups excluding carboxylic acids is 2. The summed E-state index contributed by atoms with van der Waals surface area (Å²) < 4.78 is 5.82. The number of benzene rings is 1. The van der Waals surface area contributed by atoms with E-state index >= 15 is 0 Å². The molecule has 0 bridgehead atoms. The number of hydrogen-bond donors (Lipinski definition) is 0. The molecule has 1 rings (SSSR count). The van der Waals surface area contributed by atoms with Gasteiger partial charge in [-0.15, -0.1) is 0 Å². The number of rotatable bonds is 10. The zero-order chi connectivity index (χ0) is 18.8. The van der Waals surface area contributed by atoms with Crippen LogP contribution in [0, 0.1) is 0 Å². The average Bonchev–Trinajstić information content (AvgIpc) is 2.55. The number of nitrogens with zero attached hydrogens (tertiary/aromatic N) is 2. The van der Waals surface area contributed by atoms with Crippen molar-refractivity contribution in [3.63, 3.8) is 0 Å². The highest BCUT2D eigenvalue weighted by atomic mass is 16.5. The Kier molecular flexibility index (Phi) is 9.03. The molecule has 0 unspecified atom stereocenters. The molecule has 140 valence electrons. The third kappa shape index (κ3) is 6.77. The number of amides is 2. The first kappa shape index (κ1) is 21.0. The molecule has 0 radical (unpaired) electrons. The molecule has 0 aliphatic rings. The fourth-order valence-corrected chi connectivity index (χ4v) is 2.75. The van der Waals surface area contributed by atoms with Gasteiger partial charge in [-0.1, -0.05) is 26.0 Å². The van der Waals surface area contributed by atoms with Crippen LogP contribution < -0.4 is 9.64 Å². The second-order valence-electron chi connectivity index (χ2n) is 6.44. The highest BCUT2D eigenvalue weighted by Crippen LogP contribution is 2.29. The molecule has 1 aromatic rings. The van der Waals surface area contributed by atoms with Crippen LogP contribution in [0.5, 0.6) is 5.75 Å². The molecule has 0 fully saturated rings. The van der Waals surface area contributed by atoms with Crippen molar-refractivity contribution in [2.45, 2.75) is 60.0 Å². The van der Waals surface area contributed by atoms with E-state index in [0.29, 0.717) is 24.4 Å².